The molecule has 0 atom stereocenters. The van der Waals surface area contributed by atoms with Crippen LogP contribution in [0.1, 0.15) is 25.8 Å². The van der Waals surface area contributed by atoms with Crippen LogP contribution in [0.2, 0.25) is 0 Å². The first-order chi connectivity index (χ1) is 8.71. The van der Waals surface area contributed by atoms with Crippen LogP contribution in [-0.2, 0) is 6.42 Å². The summed E-state index contributed by atoms with van der Waals surface area (Å²) in [4.78, 5) is 0. The second-order valence-corrected chi connectivity index (χ2v) is 6.41. The Hall–Kier alpha value is -1.29. The summed E-state index contributed by atoms with van der Waals surface area (Å²) < 4.78 is 14.2. The smallest absolute Gasteiger partial charge is 0.148 e. The van der Waals surface area contributed by atoms with Gasteiger partial charge >= 0.3 is 0 Å². The van der Waals surface area contributed by atoms with Gasteiger partial charge in [-0.3, -0.25) is 0 Å². The molecule has 0 radical (unpaired) electrons. The maximum absolute atomic E-state index is 13.2. The van der Waals surface area contributed by atoms with E-state index in [-0.39, 0.29) is 5.69 Å². The first kappa shape index (κ1) is 15.8. The van der Waals surface area contributed by atoms with Crippen molar-refractivity contribution in [2.45, 2.75) is 26.7 Å². The van der Waals surface area contributed by atoms with Gasteiger partial charge in [-0.15, -0.1) is 0 Å². The van der Waals surface area contributed by atoms with Crippen molar-refractivity contribution in [2.75, 3.05) is 38.7 Å². The quantitative estimate of drug-likeness (QED) is 0.615. The van der Waals surface area contributed by atoms with E-state index in [4.69, 9.17) is 11.5 Å². The molecule has 0 unspecified atom stereocenters. The van der Waals surface area contributed by atoms with E-state index in [2.05, 4.69) is 27.9 Å². The number of hydrogen-bond acceptors (Lipinski definition) is 2. The number of benzene rings is 1. The number of nitrogens with zero attached hydrogens (tertiary/aromatic N) is 1. The highest BCUT2D eigenvalue weighted by Crippen LogP contribution is 2.21. The van der Waals surface area contributed by atoms with Crippen molar-refractivity contribution >= 4 is 11.4 Å². The van der Waals surface area contributed by atoms with Crippen molar-refractivity contribution in [1.29, 1.82) is 0 Å². The highest BCUT2D eigenvalue weighted by Gasteiger charge is 2.16. The first-order valence-electron chi connectivity index (χ1n) is 6.86. The predicted octanol–water partition coefficient (Wildman–Crippen LogP) is 2.66. The Morgan fingerprint density at radius 1 is 1.16 bits per heavy atom. The van der Waals surface area contributed by atoms with Gasteiger partial charge in [-0.1, -0.05) is 13.8 Å². The van der Waals surface area contributed by atoms with Gasteiger partial charge in [0.25, 0.3) is 0 Å². The van der Waals surface area contributed by atoms with E-state index < -0.39 is 5.82 Å². The molecule has 1 rings (SSSR count). The van der Waals surface area contributed by atoms with Crippen molar-refractivity contribution in [2.24, 2.45) is 5.92 Å². The fourth-order valence-electron chi connectivity index (χ4n) is 2.65. The minimum atomic E-state index is -0.433. The Bertz CT molecular complexity index is 428. The molecule has 0 saturated heterocycles. The summed E-state index contributed by atoms with van der Waals surface area (Å²) >= 11 is 0. The summed E-state index contributed by atoms with van der Waals surface area (Å²) in [6.45, 7) is 6.70. The van der Waals surface area contributed by atoms with Crippen LogP contribution in [0.5, 0.6) is 0 Å². The molecular weight excluding hydrogens is 241 g/mol. The lowest BCUT2D eigenvalue weighted by Crippen LogP contribution is -2.43. The SMILES string of the molecule is CC(C)C[N+](C)(C)CCCc1cc(N)c(F)cc1N. The van der Waals surface area contributed by atoms with Crippen molar-refractivity contribution in [3.63, 3.8) is 0 Å². The van der Waals surface area contributed by atoms with Gasteiger partial charge in [0.1, 0.15) is 5.82 Å². The number of halogens is 1. The third-order valence-electron chi connectivity index (χ3n) is 3.33. The lowest BCUT2D eigenvalue weighted by atomic mass is 10.1. The summed E-state index contributed by atoms with van der Waals surface area (Å²) in [5.74, 6) is 0.249. The van der Waals surface area contributed by atoms with E-state index in [0.717, 1.165) is 36.0 Å². The lowest BCUT2D eigenvalue weighted by Gasteiger charge is -2.31. The van der Waals surface area contributed by atoms with Gasteiger partial charge in [0.05, 0.1) is 32.9 Å². The van der Waals surface area contributed by atoms with Gasteiger partial charge in [0.2, 0.25) is 0 Å². The average molecular weight is 268 g/mol. The van der Waals surface area contributed by atoms with E-state index in [1.54, 1.807) is 6.07 Å². The van der Waals surface area contributed by atoms with Gasteiger partial charge in [-0.05, 0) is 24.1 Å². The topological polar surface area (TPSA) is 52.0 Å². The fourth-order valence-corrected chi connectivity index (χ4v) is 2.65. The summed E-state index contributed by atoms with van der Waals surface area (Å²) in [7, 11) is 4.48. The predicted molar refractivity (Wildman–Crippen MR) is 80.2 cm³/mol. The molecule has 0 saturated carbocycles. The third kappa shape index (κ3) is 5.07. The van der Waals surface area contributed by atoms with Crippen LogP contribution in [0.15, 0.2) is 12.1 Å². The Balaban J connectivity index is 2.56. The highest BCUT2D eigenvalue weighted by molar-refractivity contribution is 5.56. The van der Waals surface area contributed by atoms with Gasteiger partial charge < -0.3 is 16.0 Å². The molecule has 4 heteroatoms. The number of nitrogens with two attached hydrogens (primary N) is 2. The summed E-state index contributed by atoms with van der Waals surface area (Å²) in [5.41, 5.74) is 13.0. The van der Waals surface area contributed by atoms with Gasteiger partial charge in [-0.25, -0.2) is 4.39 Å². The van der Waals surface area contributed by atoms with E-state index in [1.165, 1.54) is 6.07 Å². The average Bonchev–Trinajstić information content (AvgIpc) is 2.23. The lowest BCUT2D eigenvalue weighted by molar-refractivity contribution is -0.893. The maximum atomic E-state index is 13.2. The largest absolute Gasteiger partial charge is 0.398 e. The van der Waals surface area contributed by atoms with Crippen LogP contribution in [0.25, 0.3) is 0 Å². The first-order valence-corrected chi connectivity index (χ1v) is 6.86. The molecule has 19 heavy (non-hydrogen) atoms. The zero-order valence-electron chi connectivity index (χ0n) is 12.5. The van der Waals surface area contributed by atoms with Gasteiger partial charge in [0, 0.05) is 18.0 Å². The maximum Gasteiger partial charge on any atom is 0.148 e. The molecule has 4 N–H and O–H groups in total. The minimum absolute atomic E-state index is 0.181. The monoisotopic (exact) mass is 268 g/mol. The molecule has 0 bridgehead atoms. The Labute approximate surface area is 116 Å². The third-order valence-corrected chi connectivity index (χ3v) is 3.33. The van der Waals surface area contributed by atoms with Crippen LogP contribution >= 0.6 is 0 Å². The number of quaternary nitrogens is 1. The summed E-state index contributed by atoms with van der Waals surface area (Å²) in [5, 5.41) is 0. The molecule has 0 aromatic heterocycles. The standard InChI is InChI=1S/C15H27FN3/c1-11(2)10-19(3,4)7-5-6-12-8-15(18)13(16)9-14(12)17/h8-9,11H,5-7,10,17-18H2,1-4H3/q+1. The Morgan fingerprint density at radius 2 is 1.79 bits per heavy atom. The molecule has 1 aromatic rings. The molecular formula is C15H27FN3+. The van der Waals surface area contributed by atoms with Crippen molar-refractivity contribution in [1.82, 2.24) is 0 Å². The highest BCUT2D eigenvalue weighted by atomic mass is 19.1. The normalized spacial score (nSPS) is 12.1. The minimum Gasteiger partial charge on any atom is -0.398 e. The Morgan fingerprint density at radius 3 is 2.37 bits per heavy atom. The molecule has 0 aliphatic heterocycles. The molecule has 0 aliphatic rings. The van der Waals surface area contributed by atoms with Crippen LogP contribution < -0.4 is 11.5 Å². The van der Waals surface area contributed by atoms with E-state index >= 15 is 0 Å². The van der Waals surface area contributed by atoms with Gasteiger partial charge in [-0.2, -0.15) is 0 Å². The van der Waals surface area contributed by atoms with Crippen LogP contribution in [0, 0.1) is 11.7 Å². The second-order valence-electron chi connectivity index (χ2n) is 6.41. The molecule has 3 nitrogen and oxygen atoms in total. The molecule has 108 valence electrons. The molecule has 0 amide bonds. The van der Waals surface area contributed by atoms with E-state index in [9.17, 15) is 4.39 Å². The van der Waals surface area contributed by atoms with E-state index in [1.807, 2.05) is 0 Å². The molecule has 0 spiro atoms. The zero-order chi connectivity index (χ0) is 14.6. The number of rotatable bonds is 6. The second kappa shape index (κ2) is 6.24. The van der Waals surface area contributed by atoms with Gasteiger partial charge in [0.15, 0.2) is 0 Å². The number of aryl methyl sites for hydroxylation is 1. The van der Waals surface area contributed by atoms with Crippen molar-refractivity contribution in [3.05, 3.63) is 23.5 Å². The molecule has 1 aromatic carbocycles. The van der Waals surface area contributed by atoms with Crippen LogP contribution in [0.3, 0.4) is 0 Å². The Kier molecular flexibility index (Phi) is 5.18. The molecule has 0 fully saturated rings. The number of anilines is 2. The van der Waals surface area contributed by atoms with Crippen LogP contribution in [0.4, 0.5) is 15.8 Å². The summed E-state index contributed by atoms with van der Waals surface area (Å²) in [6, 6.07) is 2.98. The summed E-state index contributed by atoms with van der Waals surface area (Å²) in [6.07, 6.45) is 1.87. The van der Waals surface area contributed by atoms with Crippen molar-refractivity contribution < 1.29 is 8.87 Å². The van der Waals surface area contributed by atoms with Crippen molar-refractivity contribution in [3.8, 4) is 0 Å². The molecule has 0 heterocycles. The zero-order valence-corrected chi connectivity index (χ0v) is 12.5. The van der Waals surface area contributed by atoms with Crippen LogP contribution in [-0.4, -0.2) is 31.7 Å². The van der Waals surface area contributed by atoms with E-state index in [0.29, 0.717) is 11.6 Å². The number of nitrogen functional groups attached to an aromatic ring is 2. The number of hydrogen-bond donors (Lipinski definition) is 2. The molecule has 0 aliphatic carbocycles. The fraction of sp³-hybridized carbons (Fsp3) is 0.600.